The molecule has 1 aliphatic heterocycles. The molecule has 0 aromatic carbocycles. The molecule has 1 fully saturated rings. The number of hydrogen-bond acceptors (Lipinski definition) is 3. The van der Waals surface area contributed by atoms with Crippen molar-refractivity contribution < 1.29 is 4.79 Å². The lowest BCUT2D eigenvalue weighted by molar-refractivity contribution is -0.131. The van der Waals surface area contributed by atoms with Crippen LogP contribution in [-0.4, -0.2) is 53.1 Å². The third-order valence-electron chi connectivity index (χ3n) is 4.28. The molecule has 1 aliphatic rings. The second kappa shape index (κ2) is 7.41. The summed E-state index contributed by atoms with van der Waals surface area (Å²) in [5.74, 6) is 0.632. The second-order valence-corrected chi connectivity index (χ2v) is 6.77. The molecular weight excluding hydrogens is 250 g/mol. The Morgan fingerprint density at radius 3 is 2.10 bits per heavy atom. The first kappa shape index (κ1) is 17.4. The highest BCUT2D eigenvalue weighted by Crippen LogP contribution is 2.19. The predicted molar refractivity (Wildman–Crippen MR) is 84.5 cm³/mol. The smallest absolute Gasteiger partial charge is 0.241 e. The predicted octanol–water partition coefficient (Wildman–Crippen LogP) is 2.30. The van der Waals surface area contributed by atoms with Gasteiger partial charge in [0.2, 0.25) is 5.91 Å². The van der Waals surface area contributed by atoms with Gasteiger partial charge >= 0.3 is 0 Å². The van der Waals surface area contributed by atoms with Crippen LogP contribution in [0.25, 0.3) is 0 Å². The molecule has 0 spiro atoms. The summed E-state index contributed by atoms with van der Waals surface area (Å²) in [5.41, 5.74) is 0. The Hall–Kier alpha value is -0.610. The quantitative estimate of drug-likeness (QED) is 0.779. The maximum absolute atomic E-state index is 12.5. The van der Waals surface area contributed by atoms with E-state index in [0.717, 1.165) is 19.5 Å². The molecule has 4 heteroatoms. The Bertz CT molecular complexity index is 307. The maximum Gasteiger partial charge on any atom is 0.241 e. The minimum atomic E-state index is -0.00787. The topological polar surface area (TPSA) is 35.6 Å². The van der Waals surface area contributed by atoms with E-state index in [4.69, 9.17) is 0 Å². The van der Waals surface area contributed by atoms with Gasteiger partial charge in [-0.25, -0.2) is 0 Å². The van der Waals surface area contributed by atoms with Crippen molar-refractivity contribution in [2.75, 3.05) is 13.1 Å². The maximum atomic E-state index is 12.5. The van der Waals surface area contributed by atoms with Gasteiger partial charge in [-0.2, -0.15) is 0 Å². The minimum absolute atomic E-state index is 0.00787. The molecule has 20 heavy (non-hydrogen) atoms. The van der Waals surface area contributed by atoms with Gasteiger partial charge in [0.1, 0.15) is 0 Å². The average Bonchev–Trinajstić information content (AvgIpc) is 2.66. The summed E-state index contributed by atoms with van der Waals surface area (Å²) in [6.45, 7) is 17.0. The van der Waals surface area contributed by atoms with Crippen molar-refractivity contribution in [1.82, 2.24) is 15.1 Å². The Morgan fingerprint density at radius 2 is 1.70 bits per heavy atom. The lowest BCUT2D eigenvalue weighted by atomic mass is 10.1. The first-order valence-electron chi connectivity index (χ1n) is 8.11. The van der Waals surface area contributed by atoms with E-state index in [0.29, 0.717) is 18.0 Å². The Morgan fingerprint density at radius 1 is 1.15 bits per heavy atom. The fraction of sp³-hybridized carbons (Fsp3) is 0.938. The Kier molecular flexibility index (Phi) is 6.46. The third kappa shape index (κ3) is 3.95. The number of rotatable bonds is 7. The number of hydrogen-bond donors (Lipinski definition) is 1. The highest BCUT2D eigenvalue weighted by molar-refractivity contribution is 5.84. The minimum Gasteiger partial charge on any atom is -0.325 e. The molecule has 0 radical (unpaired) electrons. The van der Waals surface area contributed by atoms with E-state index in [1.807, 2.05) is 4.90 Å². The highest BCUT2D eigenvalue weighted by atomic mass is 16.2. The van der Waals surface area contributed by atoms with Gasteiger partial charge in [-0.1, -0.05) is 20.8 Å². The van der Waals surface area contributed by atoms with Gasteiger partial charge < -0.3 is 4.90 Å². The number of nitrogens with one attached hydrogen (secondary N) is 1. The van der Waals surface area contributed by atoms with Crippen molar-refractivity contribution in [3.8, 4) is 0 Å². The summed E-state index contributed by atoms with van der Waals surface area (Å²) in [4.78, 5) is 17.0. The van der Waals surface area contributed by atoms with Gasteiger partial charge in [0.05, 0.1) is 12.2 Å². The Balaban J connectivity index is 2.67. The van der Waals surface area contributed by atoms with Gasteiger partial charge in [0.15, 0.2) is 0 Å². The molecular formula is C16H33N3O. The van der Waals surface area contributed by atoms with Crippen molar-refractivity contribution in [3.63, 3.8) is 0 Å². The average molecular weight is 283 g/mol. The van der Waals surface area contributed by atoms with Crippen molar-refractivity contribution in [2.45, 2.75) is 79.2 Å². The number of carbonyl (C=O) groups excluding carboxylic acids is 1. The molecule has 1 amide bonds. The molecule has 0 saturated carbocycles. The van der Waals surface area contributed by atoms with Gasteiger partial charge in [0, 0.05) is 25.2 Å². The van der Waals surface area contributed by atoms with E-state index in [9.17, 15) is 4.79 Å². The first-order chi connectivity index (χ1) is 9.29. The third-order valence-corrected chi connectivity index (χ3v) is 4.28. The standard InChI is InChI=1S/C16H33N3O/c1-8-14-17-15(11(2)3)16(20)19(14)10-9-18(12(4)5)13(6)7/h11-15,17H,8-10H2,1-7H3. The van der Waals surface area contributed by atoms with Gasteiger partial charge in [-0.3, -0.25) is 15.0 Å². The molecule has 0 aromatic heterocycles. The zero-order chi connectivity index (χ0) is 15.4. The molecule has 1 N–H and O–H groups in total. The van der Waals surface area contributed by atoms with E-state index in [-0.39, 0.29) is 18.1 Å². The summed E-state index contributed by atoms with van der Waals surface area (Å²) in [6, 6.07) is 1.02. The van der Waals surface area contributed by atoms with Gasteiger partial charge in [-0.05, 0) is 40.0 Å². The van der Waals surface area contributed by atoms with Crippen molar-refractivity contribution in [2.24, 2.45) is 5.92 Å². The second-order valence-electron chi connectivity index (χ2n) is 6.77. The van der Waals surface area contributed by atoms with Crippen LogP contribution in [0.2, 0.25) is 0 Å². The molecule has 1 rings (SSSR count). The van der Waals surface area contributed by atoms with Crippen LogP contribution >= 0.6 is 0 Å². The van der Waals surface area contributed by atoms with Crippen LogP contribution in [0.4, 0.5) is 0 Å². The van der Waals surface area contributed by atoms with Crippen LogP contribution in [0.3, 0.4) is 0 Å². The normalized spacial score (nSPS) is 23.9. The van der Waals surface area contributed by atoms with Crippen molar-refractivity contribution in [1.29, 1.82) is 0 Å². The lowest BCUT2D eigenvalue weighted by Crippen LogP contribution is -2.46. The highest BCUT2D eigenvalue weighted by Gasteiger charge is 2.39. The molecule has 2 atom stereocenters. The molecule has 1 saturated heterocycles. The van der Waals surface area contributed by atoms with E-state index < -0.39 is 0 Å². The largest absolute Gasteiger partial charge is 0.325 e. The summed E-state index contributed by atoms with van der Waals surface area (Å²) < 4.78 is 0. The van der Waals surface area contributed by atoms with E-state index in [1.54, 1.807) is 0 Å². The monoisotopic (exact) mass is 283 g/mol. The van der Waals surface area contributed by atoms with Gasteiger partial charge in [0.25, 0.3) is 0 Å². The van der Waals surface area contributed by atoms with Gasteiger partial charge in [-0.15, -0.1) is 0 Å². The van der Waals surface area contributed by atoms with Crippen LogP contribution in [0, 0.1) is 5.92 Å². The Labute approximate surface area is 124 Å². The molecule has 0 bridgehead atoms. The number of carbonyl (C=O) groups is 1. The lowest BCUT2D eigenvalue weighted by Gasteiger charge is -2.33. The molecule has 1 heterocycles. The SMILES string of the molecule is CCC1NC(C(C)C)C(=O)N1CCN(C(C)C)C(C)C. The molecule has 118 valence electrons. The fourth-order valence-electron chi connectivity index (χ4n) is 3.12. The van der Waals surface area contributed by atoms with Crippen molar-refractivity contribution >= 4 is 5.91 Å². The van der Waals surface area contributed by atoms with Crippen LogP contribution in [0.5, 0.6) is 0 Å². The number of amides is 1. The molecule has 2 unspecified atom stereocenters. The van der Waals surface area contributed by atoms with E-state index in [1.165, 1.54) is 0 Å². The summed E-state index contributed by atoms with van der Waals surface area (Å²) in [6.07, 6.45) is 1.18. The zero-order valence-electron chi connectivity index (χ0n) is 14.3. The summed E-state index contributed by atoms with van der Waals surface area (Å²) in [5, 5.41) is 3.48. The fourth-order valence-corrected chi connectivity index (χ4v) is 3.12. The van der Waals surface area contributed by atoms with Crippen LogP contribution in [0.1, 0.15) is 54.9 Å². The first-order valence-corrected chi connectivity index (χ1v) is 8.11. The zero-order valence-corrected chi connectivity index (χ0v) is 14.3. The summed E-state index contributed by atoms with van der Waals surface area (Å²) in [7, 11) is 0. The summed E-state index contributed by atoms with van der Waals surface area (Å²) >= 11 is 0. The number of nitrogens with zero attached hydrogens (tertiary/aromatic N) is 2. The van der Waals surface area contributed by atoms with E-state index >= 15 is 0 Å². The molecule has 0 aliphatic carbocycles. The van der Waals surface area contributed by atoms with Crippen LogP contribution in [-0.2, 0) is 4.79 Å². The van der Waals surface area contributed by atoms with Crippen LogP contribution < -0.4 is 5.32 Å². The van der Waals surface area contributed by atoms with Crippen molar-refractivity contribution in [3.05, 3.63) is 0 Å². The van der Waals surface area contributed by atoms with Crippen LogP contribution in [0.15, 0.2) is 0 Å². The van der Waals surface area contributed by atoms with E-state index in [2.05, 4.69) is 58.7 Å². The molecule has 0 aromatic rings. The molecule has 4 nitrogen and oxygen atoms in total.